The lowest BCUT2D eigenvalue weighted by Crippen LogP contribution is -2.27. The Balaban J connectivity index is 1.82. The van der Waals surface area contributed by atoms with Gasteiger partial charge in [-0.25, -0.2) is 0 Å². The lowest BCUT2D eigenvalue weighted by atomic mass is 10.0. The van der Waals surface area contributed by atoms with Crippen molar-refractivity contribution in [2.75, 3.05) is 46.2 Å². The van der Waals surface area contributed by atoms with E-state index in [1.807, 2.05) is 41.8 Å². The van der Waals surface area contributed by atoms with Crippen LogP contribution in [0.15, 0.2) is 52.3 Å². The molecule has 174 valence electrons. The largest absolute Gasteiger partial charge is 0.493 e. The van der Waals surface area contributed by atoms with E-state index in [-0.39, 0.29) is 0 Å². The van der Waals surface area contributed by atoms with Gasteiger partial charge in [0.1, 0.15) is 17.9 Å². The second-order valence-corrected chi connectivity index (χ2v) is 8.56. The highest BCUT2D eigenvalue weighted by molar-refractivity contribution is 7.13. The first kappa shape index (κ1) is 23.0. The third-order valence-corrected chi connectivity index (χ3v) is 6.71. The summed E-state index contributed by atoms with van der Waals surface area (Å²) < 4.78 is 23.3. The fourth-order valence-corrected chi connectivity index (χ4v) is 4.78. The molecule has 0 aliphatic rings. The van der Waals surface area contributed by atoms with Crippen molar-refractivity contribution in [1.29, 1.82) is 0 Å². The molecule has 2 aromatic heterocycles. The molecule has 33 heavy (non-hydrogen) atoms. The predicted octanol–water partition coefficient (Wildman–Crippen LogP) is 6.15. The van der Waals surface area contributed by atoms with Crippen LogP contribution >= 0.6 is 11.3 Å². The van der Waals surface area contributed by atoms with Crippen molar-refractivity contribution in [3.8, 4) is 38.8 Å². The zero-order valence-corrected chi connectivity index (χ0v) is 20.3. The van der Waals surface area contributed by atoms with E-state index in [0.717, 1.165) is 52.3 Å². The molecular formula is C26H30N2O4S. The Morgan fingerprint density at radius 2 is 1.70 bits per heavy atom. The summed E-state index contributed by atoms with van der Waals surface area (Å²) >= 11 is 1.63. The number of likely N-dealkylation sites (N-methyl/N-ethyl adjacent to an activating group) is 1. The van der Waals surface area contributed by atoms with Gasteiger partial charge in [-0.3, -0.25) is 0 Å². The lowest BCUT2D eigenvalue weighted by Gasteiger charge is -2.18. The molecule has 0 radical (unpaired) electrons. The molecule has 0 amide bonds. The quantitative estimate of drug-likeness (QED) is 0.302. The van der Waals surface area contributed by atoms with Gasteiger partial charge in [-0.2, -0.15) is 0 Å². The van der Waals surface area contributed by atoms with Crippen LogP contribution in [0.3, 0.4) is 0 Å². The van der Waals surface area contributed by atoms with Crippen molar-refractivity contribution in [2.45, 2.75) is 13.8 Å². The third kappa shape index (κ3) is 4.65. The molecule has 0 bridgehead atoms. The number of hydrogen-bond donors (Lipinski definition) is 1. The number of hydrogen-bond acceptors (Lipinski definition) is 7. The summed E-state index contributed by atoms with van der Waals surface area (Å²) in [5.41, 5.74) is 9.85. The zero-order chi connectivity index (χ0) is 23.4. The fraction of sp³-hybridized carbons (Fsp3) is 0.308. The van der Waals surface area contributed by atoms with Gasteiger partial charge >= 0.3 is 0 Å². The van der Waals surface area contributed by atoms with E-state index >= 15 is 0 Å². The fourth-order valence-electron chi connectivity index (χ4n) is 4.00. The van der Waals surface area contributed by atoms with Crippen LogP contribution in [0, 0.1) is 0 Å². The van der Waals surface area contributed by atoms with Crippen LogP contribution in [0.2, 0.25) is 0 Å². The van der Waals surface area contributed by atoms with Crippen LogP contribution in [0.25, 0.3) is 32.5 Å². The van der Waals surface area contributed by atoms with Gasteiger partial charge in [0.15, 0.2) is 11.5 Å². The molecule has 2 aromatic carbocycles. The number of ether oxygens (including phenoxy) is 3. The number of anilines is 1. The van der Waals surface area contributed by atoms with Gasteiger partial charge in [-0.05, 0) is 59.9 Å². The number of benzene rings is 2. The average molecular weight is 467 g/mol. The van der Waals surface area contributed by atoms with Crippen molar-refractivity contribution in [2.24, 2.45) is 0 Å². The predicted molar refractivity (Wildman–Crippen MR) is 136 cm³/mol. The minimum atomic E-state index is 0.394. The van der Waals surface area contributed by atoms with Gasteiger partial charge in [-0.15, -0.1) is 11.3 Å². The molecule has 0 spiro atoms. The van der Waals surface area contributed by atoms with E-state index in [2.05, 4.69) is 24.8 Å². The molecule has 0 fully saturated rings. The van der Waals surface area contributed by atoms with Crippen LogP contribution < -0.4 is 19.9 Å². The van der Waals surface area contributed by atoms with E-state index in [0.29, 0.717) is 29.6 Å². The number of rotatable bonds is 10. The van der Waals surface area contributed by atoms with Crippen molar-refractivity contribution >= 4 is 28.2 Å². The Morgan fingerprint density at radius 3 is 2.36 bits per heavy atom. The summed E-state index contributed by atoms with van der Waals surface area (Å²) in [4.78, 5) is 3.39. The monoisotopic (exact) mass is 466 g/mol. The minimum absolute atomic E-state index is 0.394. The number of nitrogens with two attached hydrogens (primary N) is 1. The molecule has 4 aromatic rings. The highest BCUT2D eigenvalue weighted by Gasteiger charge is 2.21. The van der Waals surface area contributed by atoms with Gasteiger partial charge < -0.3 is 29.3 Å². The maximum absolute atomic E-state index is 6.36. The SMILES string of the molecule is CCN(CC)CCOc1cc(-c2ccc(OC)c(OC)c2)cc2oc(N)c(-c3cccs3)c12. The van der Waals surface area contributed by atoms with Crippen LogP contribution in [0.5, 0.6) is 17.2 Å². The Hall–Kier alpha value is -3.16. The van der Waals surface area contributed by atoms with E-state index in [9.17, 15) is 0 Å². The van der Waals surface area contributed by atoms with Crippen LogP contribution in [-0.4, -0.2) is 45.4 Å². The molecule has 4 rings (SSSR count). The topological polar surface area (TPSA) is 70.1 Å². The Morgan fingerprint density at radius 1 is 0.939 bits per heavy atom. The van der Waals surface area contributed by atoms with Crippen molar-refractivity contribution < 1.29 is 18.6 Å². The van der Waals surface area contributed by atoms with E-state index in [1.165, 1.54) is 0 Å². The Bertz CT molecular complexity index is 1210. The number of fused-ring (bicyclic) bond motifs is 1. The standard InChI is InChI=1S/C26H30N2O4S/c1-5-28(6-2)11-12-31-21-15-18(17-9-10-19(29-3)20(14-17)30-4)16-22-24(21)25(26(27)32-22)23-8-7-13-33-23/h7-10,13-16H,5-6,11-12,27H2,1-4H3. The summed E-state index contributed by atoms with van der Waals surface area (Å²) in [5, 5.41) is 2.94. The van der Waals surface area contributed by atoms with Crippen LogP contribution in [0.4, 0.5) is 5.88 Å². The number of thiophene rings is 1. The normalized spacial score (nSPS) is 11.3. The van der Waals surface area contributed by atoms with E-state index in [1.54, 1.807) is 25.6 Å². The molecule has 0 aliphatic heterocycles. The smallest absolute Gasteiger partial charge is 0.200 e. The first-order valence-corrected chi connectivity index (χ1v) is 11.9. The second-order valence-electron chi connectivity index (χ2n) is 7.61. The minimum Gasteiger partial charge on any atom is -0.493 e. The lowest BCUT2D eigenvalue weighted by molar-refractivity contribution is 0.224. The van der Waals surface area contributed by atoms with Gasteiger partial charge in [-0.1, -0.05) is 26.0 Å². The second kappa shape index (κ2) is 10.2. The summed E-state index contributed by atoms with van der Waals surface area (Å²) in [6, 6.07) is 14.0. The van der Waals surface area contributed by atoms with Crippen molar-refractivity contribution in [3.63, 3.8) is 0 Å². The first-order chi connectivity index (χ1) is 16.1. The number of nitrogen functional groups attached to an aromatic ring is 1. The van der Waals surface area contributed by atoms with Gasteiger partial charge in [0, 0.05) is 11.4 Å². The molecule has 0 saturated heterocycles. The molecular weight excluding hydrogens is 436 g/mol. The van der Waals surface area contributed by atoms with Gasteiger partial charge in [0.25, 0.3) is 0 Å². The zero-order valence-electron chi connectivity index (χ0n) is 19.5. The molecule has 0 saturated carbocycles. The highest BCUT2D eigenvalue weighted by Crippen LogP contribution is 2.45. The molecule has 2 N–H and O–H groups in total. The van der Waals surface area contributed by atoms with Gasteiger partial charge in [0.05, 0.1) is 25.2 Å². The highest BCUT2D eigenvalue weighted by atomic mass is 32.1. The molecule has 6 nitrogen and oxygen atoms in total. The Labute approximate surface area is 198 Å². The van der Waals surface area contributed by atoms with E-state index in [4.69, 9.17) is 24.4 Å². The van der Waals surface area contributed by atoms with Crippen molar-refractivity contribution in [1.82, 2.24) is 4.90 Å². The number of nitrogens with zero attached hydrogens (tertiary/aromatic N) is 1. The van der Waals surface area contributed by atoms with Gasteiger partial charge in [0.2, 0.25) is 5.88 Å². The number of methoxy groups -OCH3 is 2. The number of furan rings is 1. The summed E-state index contributed by atoms with van der Waals surface area (Å²) in [6.45, 7) is 7.70. The maximum atomic E-state index is 6.36. The molecule has 0 atom stereocenters. The molecule has 2 heterocycles. The summed E-state index contributed by atoms with van der Waals surface area (Å²) in [5.74, 6) is 2.50. The third-order valence-electron chi connectivity index (χ3n) is 5.83. The molecule has 7 heteroatoms. The summed E-state index contributed by atoms with van der Waals surface area (Å²) in [6.07, 6.45) is 0. The average Bonchev–Trinajstić information content (AvgIpc) is 3.48. The van der Waals surface area contributed by atoms with E-state index < -0.39 is 0 Å². The molecule has 0 aliphatic carbocycles. The van der Waals surface area contributed by atoms with Crippen LogP contribution in [-0.2, 0) is 0 Å². The van der Waals surface area contributed by atoms with Crippen LogP contribution in [0.1, 0.15) is 13.8 Å². The Kier molecular flexibility index (Phi) is 7.11. The van der Waals surface area contributed by atoms with Crippen molar-refractivity contribution in [3.05, 3.63) is 47.8 Å². The first-order valence-electron chi connectivity index (χ1n) is 11.1. The maximum Gasteiger partial charge on any atom is 0.200 e. The molecule has 0 unspecified atom stereocenters. The summed E-state index contributed by atoms with van der Waals surface area (Å²) in [7, 11) is 3.26.